The Morgan fingerprint density at radius 3 is 2.52 bits per heavy atom. The maximum atomic E-state index is 12.2. The first-order chi connectivity index (χ1) is 10.9. The molecule has 122 valence electrons. The van der Waals surface area contributed by atoms with Crippen LogP contribution in [0.15, 0.2) is 53.4 Å². The Hall–Kier alpha value is -2.05. The van der Waals surface area contributed by atoms with Gasteiger partial charge < -0.3 is 10.1 Å². The molecule has 7 heteroatoms. The van der Waals surface area contributed by atoms with Gasteiger partial charge in [-0.05, 0) is 30.3 Å². The van der Waals surface area contributed by atoms with Gasteiger partial charge in [-0.1, -0.05) is 29.8 Å². The lowest BCUT2D eigenvalue weighted by Gasteiger charge is -2.10. The summed E-state index contributed by atoms with van der Waals surface area (Å²) in [5.41, 5.74) is 0.261. The molecule has 0 atom stereocenters. The molecule has 0 saturated heterocycles. The zero-order valence-corrected chi connectivity index (χ0v) is 14.0. The van der Waals surface area contributed by atoms with Gasteiger partial charge in [0.25, 0.3) is 5.91 Å². The van der Waals surface area contributed by atoms with Crippen molar-refractivity contribution in [2.75, 3.05) is 19.4 Å². The highest BCUT2D eigenvalue weighted by Crippen LogP contribution is 2.22. The van der Waals surface area contributed by atoms with E-state index in [4.69, 9.17) is 16.3 Å². The van der Waals surface area contributed by atoms with Crippen molar-refractivity contribution in [3.63, 3.8) is 0 Å². The van der Waals surface area contributed by atoms with E-state index in [1.807, 2.05) is 0 Å². The highest BCUT2D eigenvalue weighted by atomic mass is 35.5. The fraction of sp³-hybridized carbons (Fsp3) is 0.188. The summed E-state index contributed by atoms with van der Waals surface area (Å²) in [6.45, 7) is -0.00821. The highest BCUT2D eigenvalue weighted by Gasteiger charge is 2.16. The zero-order valence-electron chi connectivity index (χ0n) is 12.5. The van der Waals surface area contributed by atoms with Gasteiger partial charge in [-0.3, -0.25) is 4.79 Å². The number of carbonyl (C=O) groups is 1. The van der Waals surface area contributed by atoms with E-state index in [0.29, 0.717) is 10.8 Å². The smallest absolute Gasteiger partial charge is 0.255 e. The highest BCUT2D eigenvalue weighted by molar-refractivity contribution is 7.91. The summed E-state index contributed by atoms with van der Waals surface area (Å²) in [6, 6.07) is 12.8. The first kappa shape index (κ1) is 17.3. The first-order valence-corrected chi connectivity index (χ1v) is 8.86. The molecule has 2 rings (SSSR count). The van der Waals surface area contributed by atoms with Gasteiger partial charge in [0, 0.05) is 11.6 Å². The molecule has 0 heterocycles. The van der Waals surface area contributed by atoms with Gasteiger partial charge in [0.1, 0.15) is 5.75 Å². The molecule has 5 nitrogen and oxygen atoms in total. The van der Waals surface area contributed by atoms with Crippen LogP contribution in [-0.4, -0.2) is 33.7 Å². The van der Waals surface area contributed by atoms with E-state index in [0.717, 1.165) is 0 Å². The number of benzene rings is 2. The van der Waals surface area contributed by atoms with Gasteiger partial charge in [-0.2, -0.15) is 0 Å². The Kier molecular flexibility index (Phi) is 5.63. The minimum atomic E-state index is -3.43. The molecule has 2 aromatic carbocycles. The maximum absolute atomic E-state index is 12.2. The van der Waals surface area contributed by atoms with Crippen LogP contribution in [0.5, 0.6) is 5.75 Å². The Balaban J connectivity index is 2.02. The van der Waals surface area contributed by atoms with E-state index < -0.39 is 15.7 Å². The number of hydrogen-bond donors (Lipinski definition) is 1. The molecular formula is C16H16ClNO4S. The molecule has 0 unspecified atom stereocenters. The van der Waals surface area contributed by atoms with Gasteiger partial charge in [0.05, 0.1) is 23.3 Å². The average molecular weight is 354 g/mol. The van der Waals surface area contributed by atoms with Crippen molar-refractivity contribution in [2.45, 2.75) is 4.90 Å². The minimum absolute atomic E-state index is 0.00821. The van der Waals surface area contributed by atoms with Crippen molar-refractivity contribution in [1.82, 2.24) is 5.32 Å². The predicted octanol–water partition coefficient (Wildman–Crippen LogP) is 2.55. The number of rotatable bonds is 6. The van der Waals surface area contributed by atoms with Crippen LogP contribution in [0.1, 0.15) is 10.4 Å². The van der Waals surface area contributed by atoms with Crippen molar-refractivity contribution in [2.24, 2.45) is 0 Å². The summed E-state index contributed by atoms with van der Waals surface area (Å²) in [4.78, 5) is 12.4. The maximum Gasteiger partial charge on any atom is 0.255 e. The Bertz CT molecular complexity index is 791. The predicted molar refractivity (Wildman–Crippen MR) is 88.8 cm³/mol. The van der Waals surface area contributed by atoms with Gasteiger partial charge in [-0.15, -0.1) is 0 Å². The third-order valence-corrected chi connectivity index (χ3v) is 5.13. The number of hydrogen-bond acceptors (Lipinski definition) is 4. The van der Waals surface area contributed by atoms with E-state index in [1.165, 1.54) is 25.3 Å². The van der Waals surface area contributed by atoms with Gasteiger partial charge in [0.15, 0.2) is 9.84 Å². The fourth-order valence-corrected chi connectivity index (χ4v) is 3.35. The van der Waals surface area contributed by atoms with Gasteiger partial charge in [0.2, 0.25) is 0 Å². The molecule has 0 fully saturated rings. The SMILES string of the molecule is COc1ccc(Cl)cc1C(=O)NCCS(=O)(=O)c1ccccc1. The first-order valence-electron chi connectivity index (χ1n) is 6.83. The van der Waals surface area contributed by atoms with Crippen molar-refractivity contribution >= 4 is 27.3 Å². The number of methoxy groups -OCH3 is 1. The molecule has 0 aromatic heterocycles. The summed E-state index contributed by atoms with van der Waals surface area (Å²) >= 11 is 5.87. The molecule has 2 aromatic rings. The Labute approximate surface area is 140 Å². The second-order valence-electron chi connectivity index (χ2n) is 4.73. The monoisotopic (exact) mass is 353 g/mol. The van der Waals surface area contributed by atoms with Crippen molar-refractivity contribution < 1.29 is 17.9 Å². The third-order valence-electron chi connectivity index (χ3n) is 3.16. The number of amides is 1. The Morgan fingerprint density at radius 2 is 1.87 bits per heavy atom. The van der Waals surface area contributed by atoms with Crippen molar-refractivity contribution in [3.8, 4) is 5.75 Å². The van der Waals surface area contributed by atoms with E-state index >= 15 is 0 Å². The number of sulfone groups is 1. The van der Waals surface area contributed by atoms with E-state index in [-0.39, 0.29) is 22.8 Å². The van der Waals surface area contributed by atoms with E-state index in [2.05, 4.69) is 5.32 Å². The number of carbonyl (C=O) groups excluding carboxylic acids is 1. The third kappa shape index (κ3) is 4.46. The summed E-state index contributed by atoms with van der Waals surface area (Å²) < 4.78 is 29.4. The number of nitrogens with one attached hydrogen (secondary N) is 1. The molecule has 1 N–H and O–H groups in total. The van der Waals surface area contributed by atoms with E-state index in [1.54, 1.807) is 30.3 Å². The second-order valence-corrected chi connectivity index (χ2v) is 7.28. The molecule has 1 amide bonds. The lowest BCUT2D eigenvalue weighted by Crippen LogP contribution is -2.29. The lowest BCUT2D eigenvalue weighted by molar-refractivity contribution is 0.0953. The minimum Gasteiger partial charge on any atom is -0.496 e. The summed E-state index contributed by atoms with van der Waals surface area (Å²) in [7, 11) is -1.99. The molecule has 0 radical (unpaired) electrons. The van der Waals surface area contributed by atoms with E-state index in [9.17, 15) is 13.2 Å². The van der Waals surface area contributed by atoms with Crippen LogP contribution >= 0.6 is 11.6 Å². The molecule has 0 aliphatic carbocycles. The molecule has 0 bridgehead atoms. The van der Waals surface area contributed by atoms with Crippen molar-refractivity contribution in [3.05, 3.63) is 59.1 Å². The number of halogens is 1. The van der Waals surface area contributed by atoms with Crippen LogP contribution in [0.4, 0.5) is 0 Å². The zero-order chi connectivity index (χ0) is 16.9. The van der Waals surface area contributed by atoms with Crippen LogP contribution in [0.3, 0.4) is 0 Å². The normalized spacial score (nSPS) is 11.0. The lowest BCUT2D eigenvalue weighted by atomic mass is 10.2. The quantitative estimate of drug-likeness (QED) is 0.866. The van der Waals surface area contributed by atoms with Crippen molar-refractivity contribution in [1.29, 1.82) is 0 Å². The second kappa shape index (κ2) is 7.48. The van der Waals surface area contributed by atoms with Crippen LogP contribution in [0.2, 0.25) is 5.02 Å². The standard InChI is InChI=1S/C16H16ClNO4S/c1-22-15-8-7-12(17)11-14(15)16(19)18-9-10-23(20,21)13-5-3-2-4-6-13/h2-8,11H,9-10H2,1H3,(H,18,19). The molecular weight excluding hydrogens is 338 g/mol. The van der Waals surface area contributed by atoms with Crippen LogP contribution < -0.4 is 10.1 Å². The van der Waals surface area contributed by atoms with Gasteiger partial charge >= 0.3 is 0 Å². The summed E-state index contributed by atoms with van der Waals surface area (Å²) in [6.07, 6.45) is 0. The topological polar surface area (TPSA) is 72.5 Å². The summed E-state index contributed by atoms with van der Waals surface area (Å²) in [5, 5.41) is 2.97. The fourth-order valence-electron chi connectivity index (χ4n) is 2.00. The van der Waals surface area contributed by atoms with Gasteiger partial charge in [-0.25, -0.2) is 8.42 Å². The average Bonchev–Trinajstić information content (AvgIpc) is 2.55. The van der Waals surface area contributed by atoms with Crippen LogP contribution in [0.25, 0.3) is 0 Å². The summed E-state index contributed by atoms with van der Waals surface area (Å²) in [5.74, 6) is -0.253. The Morgan fingerprint density at radius 1 is 1.17 bits per heavy atom. The molecule has 23 heavy (non-hydrogen) atoms. The molecule has 0 spiro atoms. The van der Waals surface area contributed by atoms with Crippen LogP contribution in [-0.2, 0) is 9.84 Å². The molecule has 0 saturated carbocycles. The number of ether oxygens (including phenoxy) is 1. The molecule has 0 aliphatic rings. The van der Waals surface area contributed by atoms with Crippen LogP contribution in [0, 0.1) is 0 Å². The molecule has 0 aliphatic heterocycles. The largest absolute Gasteiger partial charge is 0.496 e.